The Balaban J connectivity index is 1.55. The maximum Gasteiger partial charge on any atom is 0.342 e. The summed E-state index contributed by atoms with van der Waals surface area (Å²) in [6, 6.07) is 22.9. The van der Waals surface area contributed by atoms with Gasteiger partial charge in [0, 0.05) is 47.5 Å². The number of urea groups is 1. The first-order valence-corrected chi connectivity index (χ1v) is 14.3. The average molecular weight is 670 g/mol. The van der Waals surface area contributed by atoms with Crippen LogP contribution in [0, 0.1) is 0 Å². The normalized spacial score (nSPS) is 11.2. The molecule has 1 N–H and O–H groups in total. The van der Waals surface area contributed by atoms with Crippen molar-refractivity contribution in [1.29, 1.82) is 0 Å². The number of ketones is 1. The number of hydrogen-bond donors (Lipinski definition) is 1. The van der Waals surface area contributed by atoms with Crippen molar-refractivity contribution in [2.24, 2.45) is 5.10 Å². The Morgan fingerprint density at radius 2 is 1.69 bits per heavy atom. The average Bonchev–Trinajstić information content (AvgIpc) is 3.00. The zero-order valence-corrected chi connectivity index (χ0v) is 25.9. The van der Waals surface area contributed by atoms with Crippen molar-refractivity contribution < 1.29 is 19.1 Å². The van der Waals surface area contributed by atoms with Gasteiger partial charge in [0.05, 0.1) is 18.4 Å². The highest BCUT2D eigenvalue weighted by Gasteiger charge is 2.20. The van der Waals surface area contributed by atoms with Crippen LogP contribution in [0.15, 0.2) is 94.6 Å². The van der Waals surface area contributed by atoms with E-state index in [0.29, 0.717) is 37.9 Å². The first-order chi connectivity index (χ1) is 20.3. The number of nitrogens with zero attached hydrogens (tertiary/aromatic N) is 3. The standard InChI is InChI=1S/C31H27BrCl2N4O4/c1-41-29(42-2)19-36-31(40)38(37-17-21-6-4-3-5-7-21)24-15-26(32)25(27(33)16-24)14-20-8-10-22(11-9-20)30(39)23-12-13-28(34)35-18-23/h3-13,15-18,29H,14,19H2,1-2H3,(H,36,40). The van der Waals surface area contributed by atoms with E-state index in [-0.39, 0.29) is 12.3 Å². The second-order valence-corrected chi connectivity index (χ2v) is 10.7. The smallest absolute Gasteiger partial charge is 0.342 e. The van der Waals surface area contributed by atoms with Gasteiger partial charge >= 0.3 is 6.03 Å². The van der Waals surface area contributed by atoms with Crippen LogP contribution in [0.25, 0.3) is 0 Å². The number of pyridine rings is 1. The van der Waals surface area contributed by atoms with Crippen LogP contribution in [0.1, 0.15) is 32.6 Å². The van der Waals surface area contributed by atoms with Gasteiger partial charge in [-0.1, -0.05) is 93.7 Å². The third-order valence-corrected chi connectivity index (χ3v) is 7.49. The van der Waals surface area contributed by atoms with E-state index in [2.05, 4.69) is 31.3 Å². The van der Waals surface area contributed by atoms with Gasteiger partial charge in [0.2, 0.25) is 0 Å². The summed E-state index contributed by atoms with van der Waals surface area (Å²) in [6.07, 6.45) is 2.91. The minimum atomic E-state index is -0.615. The molecule has 0 atom stereocenters. The number of aromatic nitrogens is 1. The molecule has 0 saturated carbocycles. The third-order valence-electron chi connectivity index (χ3n) is 6.22. The highest BCUT2D eigenvalue weighted by atomic mass is 79.9. The maximum absolute atomic E-state index is 13.2. The summed E-state index contributed by atoms with van der Waals surface area (Å²) in [5, 5.41) is 9.19. The van der Waals surface area contributed by atoms with Crippen molar-refractivity contribution in [3.63, 3.8) is 0 Å². The van der Waals surface area contributed by atoms with E-state index in [1.807, 2.05) is 42.5 Å². The minimum absolute atomic E-state index is 0.114. The highest BCUT2D eigenvalue weighted by Crippen LogP contribution is 2.33. The quantitative estimate of drug-likeness (QED) is 0.0602. The van der Waals surface area contributed by atoms with Gasteiger partial charge in [-0.05, 0) is 41.0 Å². The van der Waals surface area contributed by atoms with Gasteiger partial charge in [-0.15, -0.1) is 0 Å². The molecule has 216 valence electrons. The van der Waals surface area contributed by atoms with E-state index in [1.54, 1.807) is 42.6 Å². The molecule has 0 unspecified atom stereocenters. The molecule has 0 radical (unpaired) electrons. The Hall–Kier alpha value is -3.60. The Labute approximate surface area is 262 Å². The monoisotopic (exact) mass is 668 g/mol. The molecule has 8 nitrogen and oxygen atoms in total. The first kappa shape index (κ1) is 31.3. The fraction of sp³-hybridized carbons (Fsp3) is 0.161. The molecule has 42 heavy (non-hydrogen) atoms. The number of carbonyl (C=O) groups is 2. The SMILES string of the molecule is COC(CNC(=O)N(N=Cc1ccccc1)c1cc(Cl)c(Cc2ccc(C(=O)c3ccc(Cl)nc3)cc2)c(Br)c1)OC. The summed E-state index contributed by atoms with van der Waals surface area (Å²) in [6.45, 7) is 0.114. The molecule has 0 spiro atoms. The number of hydrazone groups is 1. The van der Waals surface area contributed by atoms with Crippen LogP contribution >= 0.6 is 39.1 Å². The van der Waals surface area contributed by atoms with Crippen molar-refractivity contribution in [1.82, 2.24) is 10.3 Å². The Bertz CT molecular complexity index is 1520. The summed E-state index contributed by atoms with van der Waals surface area (Å²) in [5.41, 5.74) is 4.01. The number of rotatable bonds is 11. The number of anilines is 1. The van der Waals surface area contributed by atoms with Gasteiger partial charge in [-0.2, -0.15) is 10.1 Å². The second kappa shape index (κ2) is 15.0. The number of carbonyl (C=O) groups excluding carboxylic acids is 2. The third kappa shape index (κ3) is 8.24. The number of hydrogen-bond acceptors (Lipinski definition) is 6. The molecule has 0 fully saturated rings. The summed E-state index contributed by atoms with van der Waals surface area (Å²) in [7, 11) is 2.98. The minimum Gasteiger partial charge on any atom is -0.354 e. The molecule has 11 heteroatoms. The summed E-state index contributed by atoms with van der Waals surface area (Å²) in [5.74, 6) is -0.147. The lowest BCUT2D eigenvalue weighted by Gasteiger charge is -2.21. The fourth-order valence-electron chi connectivity index (χ4n) is 3.94. The number of ether oxygens (including phenoxy) is 2. The molecule has 1 aromatic heterocycles. The van der Waals surface area contributed by atoms with Crippen LogP contribution in [0.4, 0.5) is 10.5 Å². The molecule has 0 aliphatic carbocycles. The van der Waals surface area contributed by atoms with Gasteiger partial charge in [0.15, 0.2) is 12.1 Å². The molecule has 3 aromatic carbocycles. The number of methoxy groups -OCH3 is 2. The predicted molar refractivity (Wildman–Crippen MR) is 169 cm³/mol. The van der Waals surface area contributed by atoms with E-state index in [9.17, 15) is 9.59 Å². The summed E-state index contributed by atoms with van der Waals surface area (Å²) < 4.78 is 11.0. The fourth-order valence-corrected chi connectivity index (χ4v) is 5.04. The number of nitrogens with one attached hydrogen (secondary N) is 1. The van der Waals surface area contributed by atoms with E-state index >= 15 is 0 Å². The Morgan fingerprint density at radius 3 is 2.31 bits per heavy atom. The van der Waals surface area contributed by atoms with Crippen LogP contribution in [0.5, 0.6) is 0 Å². The lowest BCUT2D eigenvalue weighted by Crippen LogP contribution is -2.41. The molecule has 0 aliphatic rings. The largest absolute Gasteiger partial charge is 0.354 e. The molecule has 4 rings (SSSR count). The lowest BCUT2D eigenvalue weighted by atomic mass is 10.00. The molecular formula is C31H27BrCl2N4O4. The second-order valence-electron chi connectivity index (χ2n) is 9.01. The van der Waals surface area contributed by atoms with Crippen LogP contribution < -0.4 is 10.3 Å². The molecule has 1 heterocycles. The first-order valence-electron chi connectivity index (χ1n) is 12.7. The van der Waals surface area contributed by atoms with Crippen molar-refractivity contribution in [3.05, 3.63) is 128 Å². The van der Waals surface area contributed by atoms with Gasteiger partial charge in [-0.25, -0.2) is 9.78 Å². The van der Waals surface area contributed by atoms with Crippen molar-refractivity contribution in [2.45, 2.75) is 12.7 Å². The van der Waals surface area contributed by atoms with Crippen LogP contribution in [0.3, 0.4) is 0 Å². The summed E-state index contributed by atoms with van der Waals surface area (Å²) in [4.78, 5) is 30.0. The Kier molecular flexibility index (Phi) is 11.2. The van der Waals surface area contributed by atoms with E-state index < -0.39 is 12.3 Å². The zero-order valence-electron chi connectivity index (χ0n) is 22.8. The Morgan fingerprint density at radius 1 is 1.00 bits per heavy atom. The molecule has 0 bridgehead atoms. The number of halogens is 3. The van der Waals surface area contributed by atoms with Crippen LogP contribution in [0.2, 0.25) is 10.2 Å². The molecule has 0 aliphatic heterocycles. The van der Waals surface area contributed by atoms with Crippen molar-refractivity contribution in [3.8, 4) is 0 Å². The molecule has 0 saturated heterocycles. The van der Waals surface area contributed by atoms with E-state index in [1.165, 1.54) is 25.4 Å². The summed E-state index contributed by atoms with van der Waals surface area (Å²) >= 11 is 16.2. The number of amides is 2. The molecule has 2 amide bonds. The molecular weight excluding hydrogens is 643 g/mol. The highest BCUT2D eigenvalue weighted by molar-refractivity contribution is 9.10. The van der Waals surface area contributed by atoms with Gasteiger partial charge in [0.25, 0.3) is 0 Å². The topological polar surface area (TPSA) is 93.1 Å². The van der Waals surface area contributed by atoms with Crippen molar-refractivity contribution >= 4 is 62.8 Å². The zero-order chi connectivity index (χ0) is 30.1. The maximum atomic E-state index is 13.2. The van der Waals surface area contributed by atoms with Gasteiger partial charge in [0.1, 0.15) is 5.15 Å². The van der Waals surface area contributed by atoms with Crippen molar-refractivity contribution in [2.75, 3.05) is 25.8 Å². The lowest BCUT2D eigenvalue weighted by molar-refractivity contribution is -0.0970. The predicted octanol–water partition coefficient (Wildman–Crippen LogP) is 7.14. The van der Waals surface area contributed by atoms with Gasteiger partial charge < -0.3 is 14.8 Å². The molecule has 4 aromatic rings. The number of benzene rings is 3. The van der Waals surface area contributed by atoms with Crippen LogP contribution in [-0.2, 0) is 15.9 Å². The van der Waals surface area contributed by atoms with Gasteiger partial charge in [-0.3, -0.25) is 4.79 Å². The van der Waals surface area contributed by atoms with E-state index in [0.717, 1.165) is 16.7 Å². The van der Waals surface area contributed by atoms with Crippen LogP contribution in [-0.4, -0.2) is 50.1 Å². The van der Waals surface area contributed by atoms with E-state index in [4.69, 9.17) is 32.7 Å².